The molecule has 0 saturated carbocycles. The molecule has 0 heterocycles. The molecular weight excluding hydrogens is 316 g/mol. The average Bonchev–Trinajstić information content (AvgIpc) is 2.52. The van der Waals surface area contributed by atoms with Gasteiger partial charge in [-0.05, 0) is 25.5 Å². The molecule has 0 aliphatic carbocycles. The van der Waals surface area contributed by atoms with Crippen molar-refractivity contribution in [2.75, 3.05) is 45.4 Å². The third-order valence-corrected chi connectivity index (χ3v) is 3.83. The van der Waals surface area contributed by atoms with E-state index in [4.69, 9.17) is 14.2 Å². The molecule has 5 nitrogen and oxygen atoms in total. The van der Waals surface area contributed by atoms with Gasteiger partial charge in [-0.25, -0.2) is 0 Å². The molecule has 0 saturated heterocycles. The van der Waals surface area contributed by atoms with E-state index < -0.39 is 5.79 Å². The minimum absolute atomic E-state index is 0.0657. The molecule has 0 amide bonds. The monoisotopic (exact) mass is 352 g/mol. The number of unbranched alkanes of at least 4 members (excludes halogenated alkanes) is 6. The summed E-state index contributed by atoms with van der Waals surface area (Å²) in [6.07, 6.45) is 8.24. The van der Waals surface area contributed by atoms with E-state index in [-0.39, 0.29) is 6.61 Å². The summed E-state index contributed by atoms with van der Waals surface area (Å²) in [7, 11) is 0. The van der Waals surface area contributed by atoms with Crippen molar-refractivity contribution in [1.29, 1.82) is 0 Å². The minimum Gasteiger partial charge on any atom is -0.379 e. The lowest BCUT2D eigenvalue weighted by atomic mass is 10.1. The molecule has 0 fully saturated rings. The fourth-order valence-corrected chi connectivity index (χ4v) is 2.42. The van der Waals surface area contributed by atoms with Crippen LogP contribution in [0.4, 0.5) is 0 Å². The quantitative estimate of drug-likeness (QED) is 0.201. The van der Waals surface area contributed by atoms with Crippen LogP contribution in [-0.4, -0.2) is 61.4 Å². The molecule has 23 heavy (non-hydrogen) atoms. The third kappa shape index (κ3) is 18.3. The Morgan fingerprint density at radius 2 is 1.26 bits per heavy atom. The van der Waals surface area contributed by atoms with Gasteiger partial charge in [0.15, 0.2) is 5.79 Å². The maximum atomic E-state index is 9.82. The molecule has 0 aromatic heterocycles. The number of thiol groups is 1. The van der Waals surface area contributed by atoms with Crippen molar-refractivity contribution < 1.29 is 24.4 Å². The fraction of sp³-hybridized carbons (Fsp3) is 1.00. The van der Waals surface area contributed by atoms with Crippen LogP contribution in [0.2, 0.25) is 0 Å². The first-order chi connectivity index (χ1) is 11.1. The van der Waals surface area contributed by atoms with Crippen LogP contribution in [0.5, 0.6) is 0 Å². The summed E-state index contributed by atoms with van der Waals surface area (Å²) in [5, 5.41) is 19.6. The second-order valence-corrected chi connectivity index (χ2v) is 6.24. The second-order valence-electron chi connectivity index (χ2n) is 5.79. The third-order valence-electron chi connectivity index (χ3n) is 3.52. The van der Waals surface area contributed by atoms with Crippen molar-refractivity contribution in [3.05, 3.63) is 0 Å². The van der Waals surface area contributed by atoms with Crippen molar-refractivity contribution in [3.8, 4) is 0 Å². The Bertz CT molecular complexity index is 217. The van der Waals surface area contributed by atoms with E-state index in [9.17, 15) is 10.2 Å². The highest BCUT2D eigenvalue weighted by Crippen LogP contribution is 2.15. The first-order valence-corrected chi connectivity index (χ1v) is 9.54. The van der Waals surface area contributed by atoms with E-state index >= 15 is 0 Å². The summed E-state index contributed by atoms with van der Waals surface area (Å²) in [5.41, 5.74) is 0. The van der Waals surface area contributed by atoms with E-state index in [1.165, 1.54) is 25.7 Å². The van der Waals surface area contributed by atoms with Gasteiger partial charge in [-0.2, -0.15) is 12.6 Å². The van der Waals surface area contributed by atoms with Gasteiger partial charge in [0.05, 0.1) is 26.4 Å². The van der Waals surface area contributed by atoms with Crippen molar-refractivity contribution in [1.82, 2.24) is 0 Å². The van der Waals surface area contributed by atoms with Gasteiger partial charge in [-0.1, -0.05) is 32.1 Å². The first kappa shape index (κ1) is 23.1. The van der Waals surface area contributed by atoms with Crippen molar-refractivity contribution in [3.63, 3.8) is 0 Å². The lowest BCUT2D eigenvalue weighted by Crippen LogP contribution is -2.34. The van der Waals surface area contributed by atoms with Gasteiger partial charge in [0.25, 0.3) is 0 Å². The molecular formula is C17H36O5S. The molecule has 0 bridgehead atoms. The van der Waals surface area contributed by atoms with Crippen LogP contribution in [-0.2, 0) is 14.2 Å². The SMILES string of the molecule is CCOCCOCCOCC(O)(O)CCCCCCCCCS. The van der Waals surface area contributed by atoms with Crippen LogP contribution in [0.3, 0.4) is 0 Å². The van der Waals surface area contributed by atoms with Crippen LogP contribution in [0.1, 0.15) is 58.3 Å². The van der Waals surface area contributed by atoms with Gasteiger partial charge >= 0.3 is 0 Å². The van der Waals surface area contributed by atoms with Crippen molar-refractivity contribution in [2.45, 2.75) is 64.1 Å². The smallest absolute Gasteiger partial charge is 0.186 e. The Morgan fingerprint density at radius 1 is 0.739 bits per heavy atom. The summed E-state index contributed by atoms with van der Waals surface area (Å²) in [5.74, 6) is -0.757. The highest BCUT2D eigenvalue weighted by molar-refractivity contribution is 7.80. The number of aliphatic hydroxyl groups is 2. The topological polar surface area (TPSA) is 68.2 Å². The maximum Gasteiger partial charge on any atom is 0.186 e. The second kappa shape index (κ2) is 17.0. The lowest BCUT2D eigenvalue weighted by molar-refractivity contribution is -0.204. The Hall–Kier alpha value is 0.150. The zero-order valence-corrected chi connectivity index (χ0v) is 15.6. The van der Waals surface area contributed by atoms with Crippen LogP contribution >= 0.6 is 12.6 Å². The van der Waals surface area contributed by atoms with Gasteiger partial charge in [0.2, 0.25) is 0 Å². The van der Waals surface area contributed by atoms with Crippen LogP contribution in [0.15, 0.2) is 0 Å². The Labute approximate surface area is 147 Å². The molecule has 0 aromatic rings. The molecule has 2 N–H and O–H groups in total. The standard InChI is InChI=1S/C17H36O5S/c1-2-20-11-12-21-13-14-22-16-17(18,19)10-8-6-4-3-5-7-9-15-23/h18-19,23H,2-16H2,1H3. The molecule has 0 aliphatic rings. The predicted octanol–water partition coefficient (Wildman–Crippen LogP) is 2.79. The van der Waals surface area contributed by atoms with Gasteiger partial charge < -0.3 is 24.4 Å². The van der Waals surface area contributed by atoms with Crippen molar-refractivity contribution >= 4 is 12.6 Å². The fourth-order valence-electron chi connectivity index (χ4n) is 2.19. The molecule has 0 atom stereocenters. The Kier molecular flexibility index (Phi) is 17.1. The average molecular weight is 353 g/mol. The predicted molar refractivity (Wildman–Crippen MR) is 96.1 cm³/mol. The Morgan fingerprint density at radius 3 is 1.87 bits per heavy atom. The molecule has 0 radical (unpaired) electrons. The Balaban J connectivity index is 3.33. The van der Waals surface area contributed by atoms with Crippen LogP contribution < -0.4 is 0 Å². The van der Waals surface area contributed by atoms with E-state index in [0.29, 0.717) is 39.5 Å². The zero-order valence-electron chi connectivity index (χ0n) is 14.7. The molecule has 140 valence electrons. The number of ether oxygens (including phenoxy) is 3. The van der Waals surface area contributed by atoms with E-state index in [2.05, 4.69) is 12.6 Å². The lowest BCUT2D eigenvalue weighted by Gasteiger charge is -2.21. The van der Waals surface area contributed by atoms with Gasteiger partial charge in [-0.15, -0.1) is 0 Å². The largest absolute Gasteiger partial charge is 0.379 e. The summed E-state index contributed by atoms with van der Waals surface area (Å²) in [6, 6.07) is 0. The highest BCUT2D eigenvalue weighted by Gasteiger charge is 2.22. The van der Waals surface area contributed by atoms with Crippen LogP contribution in [0, 0.1) is 0 Å². The summed E-state index contributed by atoms with van der Waals surface area (Å²) in [6.45, 7) is 4.48. The van der Waals surface area contributed by atoms with E-state index in [1.807, 2.05) is 6.92 Å². The maximum absolute atomic E-state index is 9.82. The summed E-state index contributed by atoms with van der Waals surface area (Å²) in [4.78, 5) is 0. The number of rotatable bonds is 18. The molecule has 0 aromatic carbocycles. The summed E-state index contributed by atoms with van der Waals surface area (Å²) < 4.78 is 15.7. The summed E-state index contributed by atoms with van der Waals surface area (Å²) >= 11 is 4.19. The normalized spacial score (nSPS) is 12.0. The van der Waals surface area contributed by atoms with E-state index in [1.54, 1.807) is 0 Å². The number of hydrogen-bond acceptors (Lipinski definition) is 6. The van der Waals surface area contributed by atoms with Gasteiger partial charge in [-0.3, -0.25) is 0 Å². The van der Waals surface area contributed by atoms with Crippen molar-refractivity contribution in [2.24, 2.45) is 0 Å². The van der Waals surface area contributed by atoms with Gasteiger partial charge in [0.1, 0.15) is 6.61 Å². The van der Waals surface area contributed by atoms with E-state index in [0.717, 1.165) is 25.0 Å². The molecule has 0 spiro atoms. The van der Waals surface area contributed by atoms with Gasteiger partial charge in [0, 0.05) is 13.0 Å². The van der Waals surface area contributed by atoms with Crippen LogP contribution in [0.25, 0.3) is 0 Å². The molecule has 0 aliphatic heterocycles. The first-order valence-electron chi connectivity index (χ1n) is 8.91. The molecule has 0 unspecified atom stereocenters. The minimum atomic E-state index is -1.72. The highest BCUT2D eigenvalue weighted by atomic mass is 32.1. The zero-order chi connectivity index (χ0) is 17.2. The molecule has 0 rings (SSSR count). The number of hydrogen-bond donors (Lipinski definition) is 3. The molecule has 6 heteroatoms.